The molecule has 1 aliphatic carbocycles. The monoisotopic (exact) mass is 462 g/mol. The third kappa shape index (κ3) is 5.30. The predicted molar refractivity (Wildman–Crippen MR) is 135 cm³/mol. The Morgan fingerprint density at radius 1 is 0.848 bits per heavy atom. The fourth-order valence-corrected chi connectivity index (χ4v) is 4.89. The predicted octanol–water partition coefficient (Wildman–Crippen LogP) is 6.28. The minimum absolute atomic E-state index is 0. The first kappa shape index (κ1) is 23.5. The Morgan fingerprint density at radius 2 is 1.42 bits per heavy atom. The molecular formula is C28H31ClN2O2. The molecule has 1 N–H and O–H groups in total. The van der Waals surface area contributed by atoms with Crippen LogP contribution in [0.2, 0.25) is 0 Å². The van der Waals surface area contributed by atoms with Gasteiger partial charge in [-0.15, -0.1) is 12.4 Å². The van der Waals surface area contributed by atoms with Gasteiger partial charge in [-0.3, -0.25) is 0 Å². The van der Waals surface area contributed by atoms with E-state index in [9.17, 15) is 5.11 Å². The lowest BCUT2D eigenvalue weighted by atomic mass is 10.0. The molecule has 0 radical (unpaired) electrons. The van der Waals surface area contributed by atoms with Crippen molar-refractivity contribution in [3.05, 3.63) is 102 Å². The van der Waals surface area contributed by atoms with Gasteiger partial charge >= 0.3 is 0 Å². The molecule has 1 fully saturated rings. The number of para-hydroxylation sites is 2. The van der Waals surface area contributed by atoms with Gasteiger partial charge in [0.1, 0.15) is 11.9 Å². The van der Waals surface area contributed by atoms with Crippen molar-refractivity contribution in [2.75, 3.05) is 6.61 Å². The van der Waals surface area contributed by atoms with Crippen LogP contribution in [0.3, 0.4) is 0 Å². The second kappa shape index (κ2) is 11.0. The van der Waals surface area contributed by atoms with Crippen LogP contribution in [-0.2, 0) is 11.3 Å². The van der Waals surface area contributed by atoms with Crippen LogP contribution in [0.4, 0.5) is 0 Å². The highest BCUT2D eigenvalue weighted by atomic mass is 35.5. The summed E-state index contributed by atoms with van der Waals surface area (Å²) in [6.45, 7) is 0.744. The number of ether oxygens (including phenoxy) is 1. The number of nitrogens with zero attached hydrogens (tertiary/aromatic N) is 2. The first-order valence-electron chi connectivity index (χ1n) is 11.6. The smallest absolute Gasteiger partial charge is 0.113 e. The topological polar surface area (TPSA) is 47.3 Å². The van der Waals surface area contributed by atoms with Crippen molar-refractivity contribution in [1.82, 2.24) is 9.55 Å². The number of aromatic nitrogens is 2. The summed E-state index contributed by atoms with van der Waals surface area (Å²) >= 11 is 0. The fraction of sp³-hybridized carbons (Fsp3) is 0.321. The molecule has 1 aromatic heterocycles. The van der Waals surface area contributed by atoms with Crippen molar-refractivity contribution >= 4 is 23.4 Å². The normalized spacial score (nSPS) is 15.1. The average Bonchev–Trinajstić information content (AvgIpc) is 3.49. The molecule has 4 nitrogen and oxygen atoms in total. The van der Waals surface area contributed by atoms with Crippen molar-refractivity contribution in [3.8, 4) is 0 Å². The van der Waals surface area contributed by atoms with E-state index in [1.54, 1.807) is 0 Å². The Morgan fingerprint density at radius 3 is 2.06 bits per heavy atom. The SMILES string of the molecule is Cl.OC(COC(c1ccccc1)c1ccccc1)Cn1c(C2CCCC2)nc2ccccc21. The van der Waals surface area contributed by atoms with Crippen LogP contribution in [0, 0.1) is 0 Å². The van der Waals surface area contributed by atoms with Crippen LogP contribution >= 0.6 is 12.4 Å². The molecule has 0 amide bonds. The summed E-state index contributed by atoms with van der Waals surface area (Å²) in [6, 6.07) is 28.7. The van der Waals surface area contributed by atoms with E-state index in [0.29, 0.717) is 12.5 Å². The summed E-state index contributed by atoms with van der Waals surface area (Å²) in [4.78, 5) is 4.95. The van der Waals surface area contributed by atoms with Crippen LogP contribution in [0.25, 0.3) is 11.0 Å². The van der Waals surface area contributed by atoms with Gasteiger partial charge in [-0.05, 0) is 36.1 Å². The molecule has 0 bridgehead atoms. The molecule has 1 heterocycles. The number of imidazole rings is 1. The second-order valence-corrected chi connectivity index (χ2v) is 8.74. The van der Waals surface area contributed by atoms with Gasteiger partial charge in [-0.1, -0.05) is 85.6 Å². The molecular weight excluding hydrogens is 432 g/mol. The van der Waals surface area contributed by atoms with E-state index in [0.717, 1.165) is 28.0 Å². The Labute approximate surface area is 201 Å². The van der Waals surface area contributed by atoms with Gasteiger partial charge in [-0.25, -0.2) is 4.98 Å². The molecule has 33 heavy (non-hydrogen) atoms. The maximum Gasteiger partial charge on any atom is 0.113 e. The van der Waals surface area contributed by atoms with Crippen LogP contribution in [0.1, 0.15) is 54.7 Å². The molecule has 172 valence electrons. The third-order valence-electron chi connectivity index (χ3n) is 6.46. The highest BCUT2D eigenvalue weighted by Gasteiger charge is 2.25. The zero-order valence-corrected chi connectivity index (χ0v) is 19.5. The average molecular weight is 463 g/mol. The number of hydrogen-bond acceptors (Lipinski definition) is 3. The van der Waals surface area contributed by atoms with Gasteiger partial charge in [0.2, 0.25) is 0 Å². The van der Waals surface area contributed by atoms with Gasteiger partial charge in [0, 0.05) is 5.92 Å². The Kier molecular flexibility index (Phi) is 7.81. The number of rotatable bonds is 8. The molecule has 5 heteroatoms. The van der Waals surface area contributed by atoms with Crippen LogP contribution in [0.5, 0.6) is 0 Å². The zero-order chi connectivity index (χ0) is 21.8. The second-order valence-electron chi connectivity index (χ2n) is 8.74. The molecule has 1 aliphatic rings. The van der Waals surface area contributed by atoms with Crippen molar-refractivity contribution in [2.24, 2.45) is 0 Å². The van der Waals surface area contributed by atoms with Crippen molar-refractivity contribution < 1.29 is 9.84 Å². The van der Waals surface area contributed by atoms with E-state index in [1.165, 1.54) is 25.7 Å². The lowest BCUT2D eigenvalue weighted by Crippen LogP contribution is -2.25. The van der Waals surface area contributed by atoms with Gasteiger partial charge in [0.15, 0.2) is 0 Å². The van der Waals surface area contributed by atoms with Gasteiger partial charge in [-0.2, -0.15) is 0 Å². The van der Waals surface area contributed by atoms with Crippen LogP contribution < -0.4 is 0 Å². The summed E-state index contributed by atoms with van der Waals surface area (Å²) in [5.74, 6) is 1.60. The molecule has 1 saturated carbocycles. The summed E-state index contributed by atoms with van der Waals surface area (Å²) in [5, 5.41) is 11.0. The fourth-order valence-electron chi connectivity index (χ4n) is 4.89. The minimum Gasteiger partial charge on any atom is -0.389 e. The maximum atomic E-state index is 11.0. The van der Waals surface area contributed by atoms with E-state index < -0.39 is 6.10 Å². The first-order chi connectivity index (χ1) is 15.8. The van der Waals surface area contributed by atoms with Crippen LogP contribution in [-0.4, -0.2) is 27.4 Å². The van der Waals surface area contributed by atoms with Gasteiger partial charge in [0.25, 0.3) is 0 Å². The van der Waals surface area contributed by atoms with E-state index in [2.05, 4.69) is 41.0 Å². The maximum absolute atomic E-state index is 11.0. The van der Waals surface area contributed by atoms with E-state index in [-0.39, 0.29) is 25.1 Å². The number of halogens is 1. The number of fused-ring (bicyclic) bond motifs is 1. The van der Waals surface area contributed by atoms with Crippen LogP contribution in [0.15, 0.2) is 84.9 Å². The molecule has 0 spiro atoms. The molecule has 5 rings (SSSR count). The summed E-state index contributed by atoms with van der Waals surface area (Å²) in [7, 11) is 0. The lowest BCUT2D eigenvalue weighted by Gasteiger charge is -2.22. The molecule has 4 aromatic rings. The van der Waals surface area contributed by atoms with Gasteiger partial charge in [0.05, 0.1) is 30.3 Å². The van der Waals surface area contributed by atoms with E-state index in [4.69, 9.17) is 9.72 Å². The summed E-state index contributed by atoms with van der Waals surface area (Å²) < 4.78 is 8.54. The van der Waals surface area contributed by atoms with E-state index >= 15 is 0 Å². The highest BCUT2D eigenvalue weighted by molar-refractivity contribution is 5.85. The molecule has 0 saturated heterocycles. The molecule has 1 atom stereocenters. The third-order valence-corrected chi connectivity index (χ3v) is 6.46. The van der Waals surface area contributed by atoms with Crippen molar-refractivity contribution in [1.29, 1.82) is 0 Å². The number of benzene rings is 3. The Bertz CT molecular complexity index is 1100. The largest absolute Gasteiger partial charge is 0.389 e. The standard InChI is InChI=1S/C28H30N2O2.ClH/c31-24(20-32-27(21-11-3-1-4-12-21)22-13-5-2-6-14-22)19-30-26-18-10-9-17-25(26)29-28(30)23-15-7-8-16-23;/h1-6,9-14,17-18,23-24,27,31H,7-8,15-16,19-20H2;1H. The minimum atomic E-state index is -0.623. The first-order valence-corrected chi connectivity index (χ1v) is 11.6. The number of hydrogen-bond donors (Lipinski definition) is 1. The lowest BCUT2D eigenvalue weighted by molar-refractivity contribution is -0.000525. The van der Waals surface area contributed by atoms with Crippen molar-refractivity contribution in [2.45, 2.75) is 50.4 Å². The van der Waals surface area contributed by atoms with Crippen molar-refractivity contribution in [3.63, 3.8) is 0 Å². The molecule has 3 aromatic carbocycles. The summed E-state index contributed by atoms with van der Waals surface area (Å²) in [5.41, 5.74) is 4.28. The van der Waals surface area contributed by atoms with E-state index in [1.807, 2.05) is 48.5 Å². The molecule has 0 aliphatic heterocycles. The quantitative estimate of drug-likeness (QED) is 0.335. The molecule has 1 unspecified atom stereocenters. The highest BCUT2D eigenvalue weighted by Crippen LogP contribution is 2.35. The van der Waals surface area contributed by atoms with Gasteiger partial charge < -0.3 is 14.4 Å². The zero-order valence-electron chi connectivity index (χ0n) is 18.7. The number of aliphatic hydroxyl groups excluding tert-OH is 1. The number of aliphatic hydroxyl groups is 1. The summed E-state index contributed by atoms with van der Waals surface area (Å²) in [6.07, 6.45) is 4.05. The Hall–Kier alpha value is -2.66. The Balaban J connectivity index is 0.00000259.